The maximum absolute atomic E-state index is 12.2. The summed E-state index contributed by atoms with van der Waals surface area (Å²) in [6.07, 6.45) is 5.09. The Hall–Kier alpha value is -1.55. The van der Waals surface area contributed by atoms with Gasteiger partial charge >= 0.3 is 0 Å². The van der Waals surface area contributed by atoms with Crippen molar-refractivity contribution >= 4 is 35.8 Å². The Morgan fingerprint density at radius 3 is 2.63 bits per heavy atom. The zero-order valence-corrected chi connectivity index (χ0v) is 20.6. The number of aliphatic hydroxyl groups excluding tert-OH is 1. The van der Waals surface area contributed by atoms with Gasteiger partial charge in [-0.1, -0.05) is 31.4 Å². The Morgan fingerprint density at radius 1 is 1.23 bits per heavy atom. The van der Waals surface area contributed by atoms with E-state index in [1.54, 1.807) is 0 Å². The zero-order valence-electron chi connectivity index (χ0n) is 18.3. The third-order valence-electron chi connectivity index (χ3n) is 4.77. The summed E-state index contributed by atoms with van der Waals surface area (Å²) in [6.45, 7) is 6.91. The molecule has 170 valence electrons. The molecule has 0 spiro atoms. The van der Waals surface area contributed by atoms with E-state index in [1.165, 1.54) is 19.3 Å². The van der Waals surface area contributed by atoms with E-state index in [2.05, 4.69) is 20.9 Å². The van der Waals surface area contributed by atoms with Gasteiger partial charge in [0.15, 0.2) is 5.96 Å². The number of carbonyl (C=O) groups excluding carboxylic acids is 1. The number of amides is 1. The molecule has 1 aliphatic carbocycles. The van der Waals surface area contributed by atoms with E-state index >= 15 is 0 Å². The molecule has 1 fully saturated rings. The van der Waals surface area contributed by atoms with Gasteiger partial charge in [0.1, 0.15) is 12.3 Å². The molecule has 1 unspecified atom stereocenters. The number of nitrogens with zero attached hydrogens (tertiary/aromatic N) is 1. The van der Waals surface area contributed by atoms with Crippen molar-refractivity contribution in [2.45, 2.75) is 71.1 Å². The van der Waals surface area contributed by atoms with Gasteiger partial charge in [0.25, 0.3) is 0 Å². The molecule has 30 heavy (non-hydrogen) atoms. The van der Waals surface area contributed by atoms with Crippen LogP contribution in [0.4, 0.5) is 0 Å². The SMILES string of the molecule is CCNC(=NCC(=O)NC1CCCCC1)NCC(O)c1cccc(OC(C)C)c1.I. The van der Waals surface area contributed by atoms with Crippen LogP contribution in [0.1, 0.15) is 64.5 Å². The molecule has 4 N–H and O–H groups in total. The largest absolute Gasteiger partial charge is 0.491 e. The van der Waals surface area contributed by atoms with Crippen LogP contribution < -0.4 is 20.7 Å². The lowest BCUT2D eigenvalue weighted by Crippen LogP contribution is -2.41. The fraction of sp³-hybridized carbons (Fsp3) is 0.636. The second-order valence-corrected chi connectivity index (χ2v) is 7.73. The molecule has 0 heterocycles. The second-order valence-electron chi connectivity index (χ2n) is 7.73. The highest BCUT2D eigenvalue weighted by molar-refractivity contribution is 14.0. The predicted octanol–water partition coefficient (Wildman–Crippen LogP) is 3.13. The molecule has 0 saturated heterocycles. The van der Waals surface area contributed by atoms with Crippen molar-refractivity contribution in [1.29, 1.82) is 0 Å². The van der Waals surface area contributed by atoms with E-state index in [0.717, 1.165) is 24.2 Å². The van der Waals surface area contributed by atoms with Gasteiger partial charge in [0.2, 0.25) is 5.91 Å². The number of benzene rings is 1. The molecule has 1 aliphatic rings. The van der Waals surface area contributed by atoms with E-state index in [-0.39, 0.29) is 55.1 Å². The normalized spacial score (nSPS) is 15.8. The van der Waals surface area contributed by atoms with Crippen LogP contribution in [-0.2, 0) is 4.79 Å². The molecular formula is C22H37IN4O3. The van der Waals surface area contributed by atoms with Crippen LogP contribution >= 0.6 is 24.0 Å². The molecule has 0 bridgehead atoms. The van der Waals surface area contributed by atoms with Crippen molar-refractivity contribution in [3.05, 3.63) is 29.8 Å². The summed E-state index contributed by atoms with van der Waals surface area (Å²) >= 11 is 0. The fourth-order valence-electron chi connectivity index (χ4n) is 3.39. The standard InChI is InChI=1S/C22H36N4O3.HI/c1-4-23-22(25-15-21(28)26-18-10-6-5-7-11-18)24-14-20(27)17-9-8-12-19(13-17)29-16(2)3;/h8-9,12-13,16,18,20,27H,4-7,10-11,14-15H2,1-3H3,(H,26,28)(H2,23,24,25);1H. The van der Waals surface area contributed by atoms with Crippen molar-refractivity contribution in [3.63, 3.8) is 0 Å². The third-order valence-corrected chi connectivity index (χ3v) is 4.77. The van der Waals surface area contributed by atoms with Crippen LogP contribution in [-0.4, -0.2) is 48.8 Å². The van der Waals surface area contributed by atoms with E-state index in [9.17, 15) is 9.90 Å². The highest BCUT2D eigenvalue weighted by atomic mass is 127. The number of carbonyl (C=O) groups is 1. The summed E-state index contributed by atoms with van der Waals surface area (Å²) < 4.78 is 5.68. The average molecular weight is 532 g/mol. The molecule has 0 aliphatic heterocycles. The van der Waals surface area contributed by atoms with Crippen LogP contribution in [0, 0.1) is 0 Å². The Morgan fingerprint density at radius 2 is 1.97 bits per heavy atom. The smallest absolute Gasteiger partial charge is 0.242 e. The molecule has 1 aromatic carbocycles. The number of aliphatic hydroxyl groups is 1. The first-order valence-corrected chi connectivity index (χ1v) is 10.7. The first kappa shape index (κ1) is 26.5. The monoisotopic (exact) mass is 532 g/mol. The van der Waals surface area contributed by atoms with Crippen LogP contribution in [0.3, 0.4) is 0 Å². The Kier molecular flexibility index (Phi) is 12.8. The third kappa shape index (κ3) is 9.97. The molecule has 1 aromatic rings. The van der Waals surface area contributed by atoms with Gasteiger partial charge in [-0.15, -0.1) is 24.0 Å². The lowest BCUT2D eigenvalue weighted by atomic mass is 9.95. The van der Waals surface area contributed by atoms with Gasteiger partial charge < -0.3 is 25.8 Å². The highest BCUT2D eigenvalue weighted by Gasteiger charge is 2.15. The Balaban J connectivity index is 0.00000450. The van der Waals surface area contributed by atoms with Gasteiger partial charge in [0.05, 0.1) is 12.2 Å². The number of rotatable bonds is 9. The topological polar surface area (TPSA) is 95.0 Å². The molecule has 7 nitrogen and oxygen atoms in total. The summed E-state index contributed by atoms with van der Waals surface area (Å²) in [5.74, 6) is 1.18. The summed E-state index contributed by atoms with van der Waals surface area (Å²) in [7, 11) is 0. The molecular weight excluding hydrogens is 495 g/mol. The number of guanidine groups is 1. The maximum atomic E-state index is 12.2. The Bertz CT molecular complexity index is 664. The van der Waals surface area contributed by atoms with Crippen molar-refractivity contribution in [1.82, 2.24) is 16.0 Å². The maximum Gasteiger partial charge on any atom is 0.242 e. The molecule has 0 aromatic heterocycles. The molecule has 2 rings (SSSR count). The minimum atomic E-state index is -0.717. The van der Waals surface area contributed by atoms with Crippen LogP contribution in [0.25, 0.3) is 0 Å². The molecule has 1 saturated carbocycles. The summed E-state index contributed by atoms with van der Waals surface area (Å²) in [6, 6.07) is 7.73. The van der Waals surface area contributed by atoms with E-state index in [0.29, 0.717) is 12.5 Å². The first-order chi connectivity index (χ1) is 14.0. The lowest BCUT2D eigenvalue weighted by Gasteiger charge is -2.22. The van der Waals surface area contributed by atoms with Crippen LogP contribution in [0.5, 0.6) is 5.75 Å². The highest BCUT2D eigenvalue weighted by Crippen LogP contribution is 2.20. The summed E-state index contributed by atoms with van der Waals surface area (Å²) in [5, 5.41) is 19.8. The van der Waals surface area contributed by atoms with Crippen molar-refractivity contribution in [2.24, 2.45) is 4.99 Å². The van der Waals surface area contributed by atoms with E-state index in [1.807, 2.05) is 45.0 Å². The molecule has 0 radical (unpaired) electrons. The Labute approximate surface area is 197 Å². The number of hydrogen-bond donors (Lipinski definition) is 4. The predicted molar refractivity (Wildman–Crippen MR) is 132 cm³/mol. The molecule has 1 amide bonds. The van der Waals surface area contributed by atoms with Crippen LogP contribution in [0.15, 0.2) is 29.3 Å². The number of hydrogen-bond acceptors (Lipinski definition) is 4. The fourth-order valence-corrected chi connectivity index (χ4v) is 3.39. The van der Waals surface area contributed by atoms with Crippen LogP contribution in [0.2, 0.25) is 0 Å². The van der Waals surface area contributed by atoms with E-state index in [4.69, 9.17) is 4.74 Å². The molecule has 8 heteroatoms. The minimum absolute atomic E-state index is 0. The lowest BCUT2D eigenvalue weighted by molar-refractivity contribution is -0.120. The average Bonchev–Trinajstić information content (AvgIpc) is 2.70. The van der Waals surface area contributed by atoms with Gasteiger partial charge in [-0.3, -0.25) is 4.79 Å². The van der Waals surface area contributed by atoms with Gasteiger partial charge in [-0.05, 0) is 51.3 Å². The van der Waals surface area contributed by atoms with Gasteiger partial charge in [-0.25, -0.2) is 4.99 Å². The van der Waals surface area contributed by atoms with Crippen molar-refractivity contribution in [3.8, 4) is 5.75 Å². The van der Waals surface area contributed by atoms with Gasteiger partial charge in [0, 0.05) is 19.1 Å². The van der Waals surface area contributed by atoms with Gasteiger partial charge in [-0.2, -0.15) is 0 Å². The minimum Gasteiger partial charge on any atom is -0.491 e. The number of nitrogens with one attached hydrogen (secondary N) is 3. The summed E-state index contributed by atoms with van der Waals surface area (Å²) in [4.78, 5) is 16.5. The first-order valence-electron chi connectivity index (χ1n) is 10.7. The zero-order chi connectivity index (χ0) is 21.1. The van der Waals surface area contributed by atoms with Crippen molar-refractivity contribution < 1.29 is 14.6 Å². The van der Waals surface area contributed by atoms with Crippen molar-refractivity contribution in [2.75, 3.05) is 19.6 Å². The molecule has 1 atom stereocenters. The number of halogens is 1. The number of ether oxygens (including phenoxy) is 1. The quantitative estimate of drug-likeness (QED) is 0.223. The number of aliphatic imine (C=N–C) groups is 1. The van der Waals surface area contributed by atoms with E-state index < -0.39 is 6.10 Å². The summed E-state index contributed by atoms with van der Waals surface area (Å²) in [5.41, 5.74) is 0.765. The second kappa shape index (κ2) is 14.5.